The van der Waals surface area contributed by atoms with E-state index in [1.54, 1.807) is 12.1 Å². The van der Waals surface area contributed by atoms with Gasteiger partial charge in [0.25, 0.3) is 0 Å². The van der Waals surface area contributed by atoms with Crippen LogP contribution in [-0.4, -0.2) is 33.3 Å². The van der Waals surface area contributed by atoms with E-state index in [1.807, 2.05) is 30.3 Å². The van der Waals surface area contributed by atoms with Crippen LogP contribution < -0.4 is 4.74 Å². The molecule has 0 saturated carbocycles. The fourth-order valence-corrected chi connectivity index (χ4v) is 4.37. The number of ether oxygens (including phenoxy) is 1. The lowest BCUT2D eigenvalue weighted by Gasteiger charge is -2.14. The Hall–Kier alpha value is -2.47. The predicted octanol–water partition coefficient (Wildman–Crippen LogP) is 3.33. The number of aryl methyl sites for hydroxylation is 1. The van der Waals surface area contributed by atoms with Crippen molar-refractivity contribution in [1.82, 2.24) is 0 Å². The summed E-state index contributed by atoms with van der Waals surface area (Å²) in [5, 5.41) is 7.22. The Bertz CT molecular complexity index is 830. The van der Waals surface area contributed by atoms with Gasteiger partial charge in [-0.1, -0.05) is 30.3 Å². The Morgan fingerprint density at radius 1 is 1.12 bits per heavy atom. The molecule has 0 saturated heterocycles. The molecular weight excluding hydrogens is 350 g/mol. The molecule has 0 heterocycles. The minimum absolute atomic E-state index is 0.157. The van der Waals surface area contributed by atoms with Gasteiger partial charge in [0.2, 0.25) is 0 Å². The first-order valence-corrected chi connectivity index (χ1v) is 10.1. The van der Waals surface area contributed by atoms with E-state index in [0.717, 1.165) is 18.2 Å². The molecule has 0 spiro atoms. The smallest absolute Gasteiger partial charge is 0.179 e. The van der Waals surface area contributed by atoms with Gasteiger partial charge in [0.15, 0.2) is 15.6 Å². The summed E-state index contributed by atoms with van der Waals surface area (Å²) in [5.41, 5.74) is 1.14. The average Bonchev–Trinajstić information content (AvgIpc) is 2.67. The Morgan fingerprint density at radius 2 is 1.77 bits per heavy atom. The molecule has 6 heteroatoms. The standard InChI is InChI=1S/C20H23NO4S/c1-25-18-10-12-19(13-11-18)26(23,24)15-17(20(22)14-21)9-5-8-16-6-3-2-4-7-16/h2-4,6-7,10-14,17,21H,5,8-9,15H2,1H3. The molecule has 2 aromatic carbocycles. The van der Waals surface area contributed by atoms with Crippen LogP contribution in [-0.2, 0) is 21.1 Å². The molecule has 26 heavy (non-hydrogen) atoms. The van der Waals surface area contributed by atoms with Crippen molar-refractivity contribution in [3.05, 3.63) is 60.2 Å². The van der Waals surface area contributed by atoms with Crippen LogP contribution in [0.1, 0.15) is 18.4 Å². The number of hydrogen-bond donors (Lipinski definition) is 1. The topological polar surface area (TPSA) is 84.3 Å². The van der Waals surface area contributed by atoms with Crippen molar-refractivity contribution in [2.75, 3.05) is 12.9 Å². The van der Waals surface area contributed by atoms with Gasteiger partial charge in [-0.2, -0.15) is 0 Å². The van der Waals surface area contributed by atoms with E-state index < -0.39 is 21.5 Å². The molecule has 0 bridgehead atoms. The van der Waals surface area contributed by atoms with Crippen molar-refractivity contribution in [2.45, 2.75) is 24.2 Å². The molecule has 1 N–H and O–H groups in total. The van der Waals surface area contributed by atoms with Crippen LogP contribution in [0.15, 0.2) is 59.5 Å². The highest BCUT2D eigenvalue weighted by Gasteiger charge is 2.25. The summed E-state index contributed by atoms with van der Waals surface area (Å²) in [6.45, 7) is 0. The Morgan fingerprint density at radius 3 is 2.35 bits per heavy atom. The molecule has 0 amide bonds. The van der Waals surface area contributed by atoms with Crippen molar-refractivity contribution in [3.8, 4) is 5.75 Å². The zero-order chi connectivity index (χ0) is 19.0. The monoisotopic (exact) mass is 373 g/mol. The lowest BCUT2D eigenvalue weighted by molar-refractivity contribution is -0.115. The molecule has 0 aliphatic rings. The SMILES string of the molecule is COc1ccc(S(=O)(=O)CC(CCCc2ccccc2)C(=O)C=N)cc1. The number of benzene rings is 2. The molecule has 1 unspecified atom stereocenters. The molecule has 0 fully saturated rings. The van der Waals surface area contributed by atoms with Crippen LogP contribution in [0.4, 0.5) is 0 Å². The second kappa shape index (κ2) is 9.29. The summed E-state index contributed by atoms with van der Waals surface area (Å²) in [5.74, 6) is -0.875. The van der Waals surface area contributed by atoms with E-state index in [4.69, 9.17) is 10.1 Å². The zero-order valence-corrected chi connectivity index (χ0v) is 15.5. The maximum Gasteiger partial charge on any atom is 0.179 e. The second-order valence-electron chi connectivity index (χ2n) is 6.08. The number of rotatable bonds is 10. The normalized spacial score (nSPS) is 12.3. The number of sulfone groups is 1. The number of carbonyl (C=O) groups is 1. The lowest BCUT2D eigenvalue weighted by atomic mass is 9.98. The Balaban J connectivity index is 2.05. The fourth-order valence-electron chi connectivity index (χ4n) is 2.77. The largest absolute Gasteiger partial charge is 0.497 e. The molecular formula is C20H23NO4S. The summed E-state index contributed by atoms with van der Waals surface area (Å²) in [4.78, 5) is 12.2. The first-order chi connectivity index (χ1) is 12.5. The molecule has 1 atom stereocenters. The minimum Gasteiger partial charge on any atom is -0.497 e. The molecule has 2 rings (SSSR count). The van der Waals surface area contributed by atoms with Crippen molar-refractivity contribution >= 4 is 21.8 Å². The maximum absolute atomic E-state index is 12.6. The molecule has 5 nitrogen and oxygen atoms in total. The highest BCUT2D eigenvalue weighted by molar-refractivity contribution is 7.91. The average molecular weight is 373 g/mol. The Labute approximate surface area is 154 Å². The van der Waals surface area contributed by atoms with Crippen LogP contribution in [0.2, 0.25) is 0 Å². The van der Waals surface area contributed by atoms with Crippen LogP contribution in [0.3, 0.4) is 0 Å². The van der Waals surface area contributed by atoms with Crippen molar-refractivity contribution in [3.63, 3.8) is 0 Å². The summed E-state index contributed by atoms with van der Waals surface area (Å²) in [7, 11) is -2.11. The van der Waals surface area contributed by atoms with Gasteiger partial charge in [0, 0.05) is 5.92 Å². The van der Waals surface area contributed by atoms with Crippen LogP contribution in [0.25, 0.3) is 0 Å². The van der Waals surface area contributed by atoms with Crippen molar-refractivity contribution < 1.29 is 17.9 Å². The van der Waals surface area contributed by atoms with Crippen molar-refractivity contribution in [2.24, 2.45) is 5.92 Å². The van der Waals surface area contributed by atoms with E-state index in [-0.39, 0.29) is 10.6 Å². The fraction of sp³-hybridized carbons (Fsp3) is 0.300. The maximum atomic E-state index is 12.6. The second-order valence-corrected chi connectivity index (χ2v) is 8.11. The van der Waals surface area contributed by atoms with Gasteiger partial charge in [-0.05, 0) is 49.1 Å². The molecule has 0 aliphatic heterocycles. The molecule has 138 valence electrons. The number of Topliss-reactive ketones (excluding diaryl/α,β-unsaturated/α-hetero) is 1. The molecule has 0 aliphatic carbocycles. The quantitative estimate of drug-likeness (QED) is 0.648. The van der Waals surface area contributed by atoms with E-state index in [1.165, 1.54) is 19.2 Å². The van der Waals surface area contributed by atoms with E-state index in [2.05, 4.69) is 0 Å². The number of nitrogens with one attached hydrogen (secondary N) is 1. The van der Waals surface area contributed by atoms with Gasteiger partial charge in [0.05, 0.1) is 24.0 Å². The Kier molecular flexibility index (Phi) is 7.09. The molecule has 0 aromatic heterocycles. The molecule has 2 aromatic rings. The van der Waals surface area contributed by atoms with Crippen LogP contribution in [0.5, 0.6) is 5.75 Å². The number of carbonyl (C=O) groups excluding carboxylic acids is 1. The van der Waals surface area contributed by atoms with Gasteiger partial charge >= 0.3 is 0 Å². The van der Waals surface area contributed by atoms with Gasteiger partial charge < -0.3 is 10.1 Å². The van der Waals surface area contributed by atoms with E-state index >= 15 is 0 Å². The summed E-state index contributed by atoms with van der Waals surface area (Å²) in [6, 6.07) is 15.9. The van der Waals surface area contributed by atoms with Gasteiger partial charge in [-0.25, -0.2) is 8.42 Å². The van der Waals surface area contributed by atoms with Gasteiger partial charge in [-0.3, -0.25) is 4.79 Å². The van der Waals surface area contributed by atoms with Crippen molar-refractivity contribution in [1.29, 1.82) is 5.41 Å². The highest BCUT2D eigenvalue weighted by Crippen LogP contribution is 2.21. The van der Waals surface area contributed by atoms with Crippen LogP contribution >= 0.6 is 0 Å². The first kappa shape index (κ1) is 19.8. The lowest BCUT2D eigenvalue weighted by Crippen LogP contribution is -2.25. The minimum atomic E-state index is -3.61. The zero-order valence-electron chi connectivity index (χ0n) is 14.7. The predicted molar refractivity (Wildman–Crippen MR) is 102 cm³/mol. The van der Waals surface area contributed by atoms with Gasteiger partial charge in [-0.15, -0.1) is 0 Å². The number of methoxy groups -OCH3 is 1. The third-order valence-corrected chi connectivity index (χ3v) is 6.08. The van der Waals surface area contributed by atoms with Crippen LogP contribution in [0, 0.1) is 11.3 Å². The summed E-state index contributed by atoms with van der Waals surface area (Å²) in [6.07, 6.45) is 2.60. The first-order valence-electron chi connectivity index (χ1n) is 8.41. The third-order valence-electron chi connectivity index (χ3n) is 4.24. The van der Waals surface area contributed by atoms with Gasteiger partial charge in [0.1, 0.15) is 5.75 Å². The van der Waals surface area contributed by atoms with E-state index in [9.17, 15) is 13.2 Å². The third kappa shape index (κ3) is 5.52. The number of hydrogen-bond acceptors (Lipinski definition) is 5. The highest BCUT2D eigenvalue weighted by atomic mass is 32.2. The summed E-state index contributed by atoms with van der Waals surface area (Å²) < 4.78 is 30.3. The molecule has 0 radical (unpaired) electrons. The van der Waals surface area contributed by atoms with E-state index in [0.29, 0.717) is 18.6 Å². The summed E-state index contributed by atoms with van der Waals surface area (Å²) >= 11 is 0. The number of ketones is 1.